The average molecular weight is 203 g/mol. The minimum absolute atomic E-state index is 0. The molecule has 0 saturated carbocycles. The number of fused-ring (bicyclic) bond motifs is 1. The Morgan fingerprint density at radius 3 is 2.92 bits per heavy atom. The Balaban J connectivity index is 0.000000720. The monoisotopic (exact) mass is 202 g/mol. The number of nitrogens with one attached hydrogen (secondary N) is 1. The van der Waals surface area contributed by atoms with E-state index in [4.69, 9.17) is 11.6 Å². The lowest BCUT2D eigenvalue weighted by Gasteiger charge is -1.92. The molecule has 0 bridgehead atoms. The smallest absolute Gasteiger partial charge is 0.137 e. The van der Waals surface area contributed by atoms with Crippen molar-refractivity contribution in [1.29, 1.82) is 0 Å². The van der Waals surface area contributed by atoms with E-state index in [1.807, 2.05) is 24.4 Å². The number of alkyl halides is 1. The van der Waals surface area contributed by atoms with E-state index in [0.717, 1.165) is 16.7 Å². The quantitative estimate of drug-likeness (QED) is 0.709. The molecule has 0 spiro atoms. The van der Waals surface area contributed by atoms with Crippen molar-refractivity contribution in [3.8, 4) is 0 Å². The van der Waals surface area contributed by atoms with Crippen LogP contribution in [0.15, 0.2) is 24.4 Å². The fraction of sp³-hybridized carbons (Fsp3) is 0.125. The number of hydrogen-bond acceptors (Lipinski definition) is 1. The highest BCUT2D eigenvalue weighted by Crippen LogP contribution is 2.10. The van der Waals surface area contributed by atoms with Crippen LogP contribution in [0.1, 0.15) is 5.69 Å². The first-order chi connectivity index (χ1) is 5.40. The van der Waals surface area contributed by atoms with Gasteiger partial charge in [-0.3, -0.25) is 0 Å². The van der Waals surface area contributed by atoms with Crippen LogP contribution in [-0.4, -0.2) is 9.97 Å². The summed E-state index contributed by atoms with van der Waals surface area (Å²) in [5, 5.41) is 1.12. The summed E-state index contributed by atoms with van der Waals surface area (Å²) in [6.07, 6.45) is 1.87. The topological polar surface area (TPSA) is 28.7 Å². The maximum absolute atomic E-state index is 5.62. The van der Waals surface area contributed by atoms with Gasteiger partial charge in [0.1, 0.15) is 5.65 Å². The lowest BCUT2D eigenvalue weighted by molar-refractivity contribution is 1.19. The number of pyridine rings is 1. The molecule has 2 rings (SSSR count). The molecule has 0 aliphatic rings. The van der Waals surface area contributed by atoms with Gasteiger partial charge in [-0.2, -0.15) is 0 Å². The van der Waals surface area contributed by atoms with Crippen LogP contribution < -0.4 is 0 Å². The molecule has 2 aromatic rings. The maximum Gasteiger partial charge on any atom is 0.137 e. The molecule has 0 saturated heterocycles. The molecule has 4 heteroatoms. The normalized spacial score (nSPS) is 9.75. The molecular weight excluding hydrogens is 195 g/mol. The van der Waals surface area contributed by atoms with Gasteiger partial charge in [-0.05, 0) is 18.2 Å². The van der Waals surface area contributed by atoms with E-state index in [-0.39, 0.29) is 12.4 Å². The van der Waals surface area contributed by atoms with Gasteiger partial charge in [0.05, 0.1) is 11.6 Å². The van der Waals surface area contributed by atoms with Crippen molar-refractivity contribution >= 4 is 35.0 Å². The maximum atomic E-state index is 5.62. The molecule has 64 valence electrons. The van der Waals surface area contributed by atoms with Crippen molar-refractivity contribution < 1.29 is 0 Å². The largest absolute Gasteiger partial charge is 0.346 e. The Morgan fingerprint density at radius 1 is 1.33 bits per heavy atom. The zero-order valence-corrected chi connectivity index (χ0v) is 7.82. The molecule has 2 aromatic heterocycles. The number of aromatic nitrogens is 2. The standard InChI is InChI=1S/C8H7ClN2.ClH/c9-5-7-2-1-6-3-4-10-8(6)11-7;/h1-4H,5H2,(H,10,11);1H. The number of hydrogen-bond donors (Lipinski definition) is 1. The average Bonchev–Trinajstić information content (AvgIpc) is 2.50. The summed E-state index contributed by atoms with van der Waals surface area (Å²) in [4.78, 5) is 7.29. The van der Waals surface area contributed by atoms with Crippen molar-refractivity contribution in [2.45, 2.75) is 5.88 Å². The van der Waals surface area contributed by atoms with E-state index < -0.39 is 0 Å². The number of aromatic amines is 1. The first-order valence-corrected chi connectivity index (χ1v) is 3.92. The van der Waals surface area contributed by atoms with Gasteiger partial charge in [-0.25, -0.2) is 4.98 Å². The van der Waals surface area contributed by atoms with Crippen LogP contribution >= 0.6 is 24.0 Å². The number of nitrogens with zero attached hydrogens (tertiary/aromatic N) is 1. The second-order valence-electron chi connectivity index (χ2n) is 2.35. The molecule has 2 nitrogen and oxygen atoms in total. The molecule has 0 atom stereocenters. The third-order valence-corrected chi connectivity index (χ3v) is 1.88. The van der Waals surface area contributed by atoms with Gasteiger partial charge < -0.3 is 4.98 Å². The van der Waals surface area contributed by atoms with Crippen LogP contribution in [0.3, 0.4) is 0 Å². The fourth-order valence-electron chi connectivity index (χ4n) is 1.05. The zero-order valence-electron chi connectivity index (χ0n) is 6.25. The SMILES string of the molecule is Cl.ClCc1ccc2cc[nH]c2n1. The first kappa shape index (κ1) is 9.36. The summed E-state index contributed by atoms with van der Waals surface area (Å²) in [6, 6.07) is 5.93. The Morgan fingerprint density at radius 2 is 2.17 bits per heavy atom. The van der Waals surface area contributed by atoms with Crippen LogP contribution in [0, 0.1) is 0 Å². The van der Waals surface area contributed by atoms with E-state index in [1.54, 1.807) is 0 Å². The van der Waals surface area contributed by atoms with E-state index in [9.17, 15) is 0 Å². The predicted octanol–water partition coefficient (Wildman–Crippen LogP) is 2.72. The predicted molar refractivity (Wildman–Crippen MR) is 52.9 cm³/mol. The summed E-state index contributed by atoms with van der Waals surface area (Å²) in [5.74, 6) is 0.467. The van der Waals surface area contributed by atoms with Gasteiger partial charge in [0.15, 0.2) is 0 Å². The van der Waals surface area contributed by atoms with Gasteiger partial charge >= 0.3 is 0 Å². The zero-order chi connectivity index (χ0) is 7.68. The van der Waals surface area contributed by atoms with Crippen LogP contribution in [0.2, 0.25) is 0 Å². The van der Waals surface area contributed by atoms with E-state index in [0.29, 0.717) is 5.88 Å². The van der Waals surface area contributed by atoms with Crippen molar-refractivity contribution in [2.75, 3.05) is 0 Å². The number of H-pyrrole nitrogens is 1. The van der Waals surface area contributed by atoms with Crippen LogP contribution in [-0.2, 0) is 5.88 Å². The lowest BCUT2D eigenvalue weighted by atomic mass is 10.3. The van der Waals surface area contributed by atoms with E-state index >= 15 is 0 Å². The van der Waals surface area contributed by atoms with Gasteiger partial charge in [0, 0.05) is 11.6 Å². The molecule has 0 aromatic carbocycles. The summed E-state index contributed by atoms with van der Waals surface area (Å²) < 4.78 is 0. The summed E-state index contributed by atoms with van der Waals surface area (Å²) >= 11 is 5.62. The van der Waals surface area contributed by atoms with Crippen molar-refractivity contribution in [3.05, 3.63) is 30.1 Å². The molecule has 0 radical (unpaired) electrons. The molecule has 12 heavy (non-hydrogen) atoms. The third-order valence-electron chi connectivity index (χ3n) is 1.60. The summed E-state index contributed by atoms with van der Waals surface area (Å²) in [5.41, 5.74) is 1.81. The molecule has 0 amide bonds. The fourth-order valence-corrected chi connectivity index (χ4v) is 1.19. The second-order valence-corrected chi connectivity index (χ2v) is 2.62. The summed E-state index contributed by atoms with van der Waals surface area (Å²) in [6.45, 7) is 0. The second kappa shape index (κ2) is 3.78. The molecule has 0 aliphatic carbocycles. The first-order valence-electron chi connectivity index (χ1n) is 3.39. The van der Waals surface area contributed by atoms with Gasteiger partial charge in [0.25, 0.3) is 0 Å². The number of rotatable bonds is 1. The minimum atomic E-state index is 0. The minimum Gasteiger partial charge on any atom is -0.346 e. The van der Waals surface area contributed by atoms with E-state index in [1.165, 1.54) is 0 Å². The molecule has 0 unspecified atom stereocenters. The van der Waals surface area contributed by atoms with Crippen molar-refractivity contribution in [1.82, 2.24) is 9.97 Å². The number of halogens is 2. The highest BCUT2D eigenvalue weighted by Gasteiger charge is 1.95. The van der Waals surface area contributed by atoms with Gasteiger partial charge in [0.2, 0.25) is 0 Å². The highest BCUT2D eigenvalue weighted by atomic mass is 35.5. The third kappa shape index (κ3) is 1.54. The van der Waals surface area contributed by atoms with Crippen molar-refractivity contribution in [2.24, 2.45) is 0 Å². The highest BCUT2D eigenvalue weighted by molar-refractivity contribution is 6.16. The molecule has 0 fully saturated rings. The molecular formula is C8H8Cl2N2. The van der Waals surface area contributed by atoms with Gasteiger partial charge in [-0.15, -0.1) is 24.0 Å². The van der Waals surface area contributed by atoms with Crippen LogP contribution in [0.25, 0.3) is 11.0 Å². The summed E-state index contributed by atoms with van der Waals surface area (Å²) in [7, 11) is 0. The lowest BCUT2D eigenvalue weighted by Crippen LogP contribution is -1.83. The molecule has 1 N–H and O–H groups in total. The Hall–Kier alpha value is -0.730. The Kier molecular flexibility index (Phi) is 2.95. The van der Waals surface area contributed by atoms with Crippen LogP contribution in [0.5, 0.6) is 0 Å². The Labute approximate surface area is 81.4 Å². The van der Waals surface area contributed by atoms with Crippen LogP contribution in [0.4, 0.5) is 0 Å². The van der Waals surface area contributed by atoms with Gasteiger partial charge in [-0.1, -0.05) is 0 Å². The van der Waals surface area contributed by atoms with Crippen molar-refractivity contribution in [3.63, 3.8) is 0 Å². The Bertz CT molecular complexity index is 370. The molecule has 0 aliphatic heterocycles. The van der Waals surface area contributed by atoms with E-state index in [2.05, 4.69) is 9.97 Å². The molecule has 2 heterocycles.